The molecule has 2 rings (SSSR count). The van der Waals surface area contributed by atoms with Gasteiger partial charge in [0, 0.05) is 11.9 Å². The molecule has 0 aliphatic carbocycles. The average Bonchev–Trinajstić information content (AvgIpc) is 3.14. The minimum atomic E-state index is -0.598. The summed E-state index contributed by atoms with van der Waals surface area (Å²) >= 11 is 1.37. The van der Waals surface area contributed by atoms with Gasteiger partial charge in [-0.05, 0) is 18.6 Å². The van der Waals surface area contributed by atoms with Crippen molar-refractivity contribution in [1.29, 1.82) is 0 Å². The summed E-state index contributed by atoms with van der Waals surface area (Å²) in [5.74, 6) is 1.55. The van der Waals surface area contributed by atoms with E-state index in [1.54, 1.807) is 12.1 Å². The summed E-state index contributed by atoms with van der Waals surface area (Å²) in [6.07, 6.45) is 2.13. The van der Waals surface area contributed by atoms with E-state index in [2.05, 4.69) is 27.5 Å². The Hall–Kier alpha value is -2.55. The highest BCUT2D eigenvalue weighted by atomic mass is 32.1. The van der Waals surface area contributed by atoms with Crippen molar-refractivity contribution in [3.05, 3.63) is 23.3 Å². The molecule has 0 aromatic carbocycles. The van der Waals surface area contributed by atoms with Crippen LogP contribution < -0.4 is 22.1 Å². The van der Waals surface area contributed by atoms with Crippen LogP contribution >= 0.6 is 11.3 Å². The van der Waals surface area contributed by atoms with Crippen LogP contribution in [-0.4, -0.2) is 23.5 Å². The smallest absolute Gasteiger partial charge is 0.312 e. The number of amides is 2. The maximum Gasteiger partial charge on any atom is 0.312 e. The van der Waals surface area contributed by atoms with Crippen LogP contribution in [0.2, 0.25) is 0 Å². The zero-order valence-electron chi connectivity index (χ0n) is 12.8. The normalized spacial score (nSPS) is 11.4. The van der Waals surface area contributed by atoms with Crippen LogP contribution in [0.15, 0.2) is 26.9 Å². The zero-order valence-corrected chi connectivity index (χ0v) is 13.7. The van der Waals surface area contributed by atoms with Gasteiger partial charge in [-0.25, -0.2) is 9.78 Å². The van der Waals surface area contributed by atoms with Crippen molar-refractivity contribution in [1.82, 2.24) is 15.6 Å². The molecule has 2 aromatic rings. The standard InChI is InChI=1S/C14H20N6O2S/c1-2-3-6-17-12(15)20-14-19-10(8-23-14)11-5-4-9(22-11)7-18-13(16)21/h4-5,8H,2-3,6-7H2,1H3,(H3,16,18,21)(H3,15,17,19,20). The van der Waals surface area contributed by atoms with E-state index in [0.29, 0.717) is 28.3 Å². The Morgan fingerprint density at radius 1 is 1.39 bits per heavy atom. The van der Waals surface area contributed by atoms with Gasteiger partial charge in [-0.15, -0.1) is 11.3 Å². The number of carbonyl (C=O) groups excluding carboxylic acids is 1. The number of guanidine groups is 1. The van der Waals surface area contributed by atoms with Crippen LogP contribution in [0.1, 0.15) is 25.5 Å². The lowest BCUT2D eigenvalue weighted by Crippen LogP contribution is -2.31. The molecule has 0 unspecified atom stereocenters. The number of aromatic nitrogens is 1. The van der Waals surface area contributed by atoms with E-state index in [-0.39, 0.29) is 6.54 Å². The third-order valence-corrected chi connectivity index (χ3v) is 3.63. The molecule has 0 aliphatic heterocycles. The predicted molar refractivity (Wildman–Crippen MR) is 90.4 cm³/mol. The largest absolute Gasteiger partial charge is 0.458 e. The van der Waals surface area contributed by atoms with E-state index in [4.69, 9.17) is 15.9 Å². The molecule has 2 amide bonds. The van der Waals surface area contributed by atoms with Gasteiger partial charge in [-0.2, -0.15) is 4.99 Å². The van der Waals surface area contributed by atoms with Crippen LogP contribution in [0.5, 0.6) is 0 Å². The van der Waals surface area contributed by atoms with E-state index in [1.807, 2.05) is 5.38 Å². The van der Waals surface area contributed by atoms with Gasteiger partial charge in [0.15, 0.2) is 11.7 Å². The number of thiazole rings is 1. The molecule has 2 aromatic heterocycles. The Labute approximate surface area is 138 Å². The summed E-state index contributed by atoms with van der Waals surface area (Å²) in [6, 6.07) is 2.94. The molecule has 124 valence electrons. The van der Waals surface area contributed by atoms with E-state index in [1.165, 1.54) is 11.3 Å². The number of hydrogen-bond acceptors (Lipinski definition) is 5. The van der Waals surface area contributed by atoms with Crippen LogP contribution in [0.3, 0.4) is 0 Å². The van der Waals surface area contributed by atoms with Gasteiger partial charge in [0.05, 0.1) is 6.54 Å². The van der Waals surface area contributed by atoms with Gasteiger partial charge >= 0.3 is 6.03 Å². The van der Waals surface area contributed by atoms with Crippen molar-refractivity contribution < 1.29 is 9.21 Å². The molecule has 2 heterocycles. The Morgan fingerprint density at radius 3 is 2.96 bits per heavy atom. The summed E-state index contributed by atoms with van der Waals surface area (Å²) in [5, 5.41) is 7.88. The summed E-state index contributed by atoms with van der Waals surface area (Å²) < 4.78 is 5.60. The van der Waals surface area contributed by atoms with Gasteiger partial charge < -0.3 is 26.5 Å². The molecule has 0 saturated carbocycles. The first-order valence-electron chi connectivity index (χ1n) is 7.24. The second-order valence-electron chi connectivity index (χ2n) is 4.78. The lowest BCUT2D eigenvalue weighted by molar-refractivity contribution is 0.247. The molecule has 0 spiro atoms. The van der Waals surface area contributed by atoms with E-state index in [9.17, 15) is 4.79 Å². The highest BCUT2D eigenvalue weighted by Crippen LogP contribution is 2.28. The first-order valence-corrected chi connectivity index (χ1v) is 8.12. The summed E-state index contributed by atoms with van der Waals surface area (Å²) in [7, 11) is 0. The van der Waals surface area contributed by atoms with Gasteiger partial charge in [0.25, 0.3) is 0 Å². The first-order chi connectivity index (χ1) is 11.1. The Bertz CT molecular complexity index is 678. The molecular formula is C14H20N6O2S. The number of urea groups is 1. The van der Waals surface area contributed by atoms with E-state index in [0.717, 1.165) is 19.4 Å². The first kappa shape index (κ1) is 16.8. The van der Waals surface area contributed by atoms with Gasteiger partial charge in [-0.1, -0.05) is 13.3 Å². The number of hydrogen-bond donors (Lipinski definition) is 4. The summed E-state index contributed by atoms with van der Waals surface area (Å²) in [4.78, 5) is 19.3. The number of unbranched alkanes of at least 4 members (excludes halogenated alkanes) is 1. The third kappa shape index (κ3) is 5.29. The van der Waals surface area contributed by atoms with Crippen LogP contribution in [-0.2, 0) is 6.54 Å². The second kappa shape index (κ2) is 8.18. The van der Waals surface area contributed by atoms with Crippen LogP contribution in [0.4, 0.5) is 9.93 Å². The number of primary amides is 1. The fourth-order valence-corrected chi connectivity index (χ4v) is 2.44. The van der Waals surface area contributed by atoms with Gasteiger partial charge in [0.2, 0.25) is 5.13 Å². The Kier molecular flexibility index (Phi) is 5.98. The number of furan rings is 1. The van der Waals surface area contributed by atoms with Crippen molar-refractivity contribution in [3.8, 4) is 11.5 Å². The highest BCUT2D eigenvalue weighted by Gasteiger charge is 2.09. The SMILES string of the molecule is CCCCNC(N)=Nc1nc(-c2ccc(CNC(N)=O)o2)cs1. The summed E-state index contributed by atoms with van der Waals surface area (Å²) in [6.45, 7) is 3.13. The second-order valence-corrected chi connectivity index (χ2v) is 5.61. The van der Waals surface area contributed by atoms with Crippen molar-refractivity contribution in [2.45, 2.75) is 26.3 Å². The summed E-state index contributed by atoms with van der Waals surface area (Å²) in [5.41, 5.74) is 11.5. The number of nitrogens with two attached hydrogens (primary N) is 2. The van der Waals surface area contributed by atoms with Crippen molar-refractivity contribution in [2.24, 2.45) is 16.5 Å². The van der Waals surface area contributed by atoms with E-state index >= 15 is 0 Å². The maximum absolute atomic E-state index is 10.7. The molecule has 0 aliphatic rings. The minimum absolute atomic E-state index is 0.235. The molecular weight excluding hydrogens is 316 g/mol. The molecule has 8 nitrogen and oxygen atoms in total. The molecule has 0 atom stereocenters. The fraction of sp³-hybridized carbons (Fsp3) is 0.357. The van der Waals surface area contributed by atoms with Crippen LogP contribution in [0.25, 0.3) is 11.5 Å². The molecule has 9 heteroatoms. The predicted octanol–water partition coefficient (Wildman–Crippen LogP) is 1.91. The Balaban J connectivity index is 1.98. The maximum atomic E-state index is 10.7. The molecule has 0 saturated heterocycles. The quantitative estimate of drug-likeness (QED) is 0.348. The van der Waals surface area contributed by atoms with Crippen LogP contribution in [0, 0.1) is 0 Å². The number of aliphatic imine (C=N–C) groups is 1. The minimum Gasteiger partial charge on any atom is -0.458 e. The third-order valence-electron chi connectivity index (χ3n) is 2.90. The fourth-order valence-electron chi connectivity index (χ4n) is 1.75. The monoisotopic (exact) mass is 336 g/mol. The highest BCUT2D eigenvalue weighted by molar-refractivity contribution is 7.13. The molecule has 6 N–H and O–H groups in total. The lowest BCUT2D eigenvalue weighted by atomic mass is 10.3. The van der Waals surface area contributed by atoms with Gasteiger partial charge in [-0.3, -0.25) is 0 Å². The zero-order chi connectivity index (χ0) is 16.7. The van der Waals surface area contributed by atoms with E-state index < -0.39 is 6.03 Å². The topological polar surface area (TPSA) is 132 Å². The lowest BCUT2D eigenvalue weighted by Gasteiger charge is -2.02. The average molecular weight is 336 g/mol. The molecule has 0 fully saturated rings. The number of nitrogens with zero attached hydrogens (tertiary/aromatic N) is 2. The van der Waals surface area contributed by atoms with Gasteiger partial charge in [0.1, 0.15) is 11.5 Å². The molecule has 0 radical (unpaired) electrons. The van der Waals surface area contributed by atoms with Crippen molar-refractivity contribution >= 4 is 28.5 Å². The van der Waals surface area contributed by atoms with Crippen molar-refractivity contribution in [3.63, 3.8) is 0 Å². The molecule has 23 heavy (non-hydrogen) atoms. The molecule has 0 bridgehead atoms. The van der Waals surface area contributed by atoms with Crippen molar-refractivity contribution in [2.75, 3.05) is 6.54 Å². The Morgan fingerprint density at radius 2 is 2.22 bits per heavy atom. The number of carbonyl (C=O) groups is 1. The number of nitrogens with one attached hydrogen (secondary N) is 2. The number of rotatable bonds is 7.